The summed E-state index contributed by atoms with van der Waals surface area (Å²) in [5, 5.41) is 3.41. The molecule has 1 heteroatoms. The van der Waals surface area contributed by atoms with Crippen LogP contribution in [0.25, 0.3) is 0 Å². The maximum Gasteiger partial charge on any atom is 0.0205 e. The van der Waals surface area contributed by atoms with E-state index in [2.05, 4.69) is 43.4 Å². The molecule has 0 saturated heterocycles. The van der Waals surface area contributed by atoms with Gasteiger partial charge in [0.05, 0.1) is 0 Å². The molecule has 0 aliphatic heterocycles. The molecule has 0 atom stereocenters. The molecule has 1 rings (SSSR count). The van der Waals surface area contributed by atoms with Crippen molar-refractivity contribution in [1.29, 1.82) is 0 Å². The van der Waals surface area contributed by atoms with Gasteiger partial charge in [-0.15, -0.1) is 0 Å². The Labute approximate surface area is 93.9 Å². The Morgan fingerprint density at radius 1 is 0.933 bits per heavy atom. The first-order valence-corrected chi connectivity index (χ1v) is 6.15. The van der Waals surface area contributed by atoms with E-state index < -0.39 is 0 Å². The predicted molar refractivity (Wildman–Crippen MR) is 67.1 cm³/mol. The van der Waals surface area contributed by atoms with Crippen LogP contribution < -0.4 is 5.32 Å². The minimum atomic E-state index is 1.00. The molecule has 0 bridgehead atoms. The summed E-state index contributed by atoms with van der Waals surface area (Å²) in [5.41, 5.74) is 2.86. The van der Waals surface area contributed by atoms with Crippen molar-refractivity contribution < 1.29 is 0 Å². The van der Waals surface area contributed by atoms with Gasteiger partial charge in [-0.05, 0) is 36.9 Å². The van der Waals surface area contributed by atoms with Crippen molar-refractivity contribution in [2.24, 2.45) is 0 Å². The molecule has 0 aromatic heterocycles. The largest absolute Gasteiger partial charge is 0.313 e. The van der Waals surface area contributed by atoms with Crippen LogP contribution in [0.4, 0.5) is 0 Å². The van der Waals surface area contributed by atoms with E-state index in [4.69, 9.17) is 0 Å². The third-order valence-electron chi connectivity index (χ3n) is 2.60. The lowest BCUT2D eigenvalue weighted by Crippen LogP contribution is -2.13. The molecule has 0 heterocycles. The first kappa shape index (κ1) is 12.3. The average molecular weight is 205 g/mol. The third-order valence-corrected chi connectivity index (χ3v) is 2.60. The number of benzene rings is 1. The summed E-state index contributed by atoms with van der Waals surface area (Å²) in [4.78, 5) is 0. The highest BCUT2D eigenvalue weighted by atomic mass is 14.8. The van der Waals surface area contributed by atoms with E-state index >= 15 is 0 Å². The lowest BCUT2D eigenvalue weighted by Gasteiger charge is -2.05. The number of nitrogens with one attached hydrogen (secondary N) is 1. The van der Waals surface area contributed by atoms with Crippen molar-refractivity contribution >= 4 is 0 Å². The van der Waals surface area contributed by atoms with E-state index in [-0.39, 0.29) is 0 Å². The van der Waals surface area contributed by atoms with Crippen molar-refractivity contribution in [3.63, 3.8) is 0 Å². The highest BCUT2D eigenvalue weighted by Gasteiger charge is 1.94. The zero-order chi connectivity index (χ0) is 10.9. The van der Waals surface area contributed by atoms with Gasteiger partial charge in [0, 0.05) is 6.54 Å². The van der Waals surface area contributed by atoms with Crippen LogP contribution in [-0.4, -0.2) is 6.54 Å². The molecule has 15 heavy (non-hydrogen) atoms. The first-order chi connectivity index (χ1) is 7.36. The molecule has 0 amide bonds. The van der Waals surface area contributed by atoms with Crippen molar-refractivity contribution in [3.05, 3.63) is 35.4 Å². The number of rotatable bonds is 7. The Kier molecular flexibility index (Phi) is 6.10. The quantitative estimate of drug-likeness (QED) is 0.671. The fourth-order valence-corrected chi connectivity index (χ4v) is 1.61. The SMILES string of the molecule is CCCCc1ccc(CNCCC)cc1. The van der Waals surface area contributed by atoms with Gasteiger partial charge in [-0.1, -0.05) is 44.5 Å². The molecule has 1 aromatic carbocycles. The maximum atomic E-state index is 3.41. The maximum absolute atomic E-state index is 3.41. The van der Waals surface area contributed by atoms with Gasteiger partial charge in [0.15, 0.2) is 0 Å². The first-order valence-electron chi connectivity index (χ1n) is 6.15. The second kappa shape index (κ2) is 7.47. The highest BCUT2D eigenvalue weighted by molar-refractivity contribution is 5.22. The standard InChI is InChI=1S/C14H23N/c1-3-5-6-13-7-9-14(10-8-13)12-15-11-4-2/h7-10,15H,3-6,11-12H2,1-2H3. The van der Waals surface area contributed by atoms with Gasteiger partial charge in [-0.25, -0.2) is 0 Å². The van der Waals surface area contributed by atoms with Crippen LogP contribution in [0, 0.1) is 0 Å². The molecular weight excluding hydrogens is 182 g/mol. The molecule has 1 aromatic rings. The van der Waals surface area contributed by atoms with Crippen molar-refractivity contribution in [2.45, 2.75) is 46.1 Å². The zero-order valence-corrected chi connectivity index (χ0v) is 10.1. The van der Waals surface area contributed by atoms with Crippen LogP contribution in [-0.2, 0) is 13.0 Å². The van der Waals surface area contributed by atoms with E-state index in [0.717, 1.165) is 13.1 Å². The van der Waals surface area contributed by atoms with Gasteiger partial charge in [0.1, 0.15) is 0 Å². The van der Waals surface area contributed by atoms with Crippen LogP contribution in [0.3, 0.4) is 0 Å². The van der Waals surface area contributed by atoms with Gasteiger partial charge in [-0.3, -0.25) is 0 Å². The summed E-state index contributed by atoms with van der Waals surface area (Å²) in [6, 6.07) is 9.01. The highest BCUT2D eigenvalue weighted by Crippen LogP contribution is 2.07. The molecule has 0 spiro atoms. The molecule has 1 nitrogen and oxygen atoms in total. The number of hydrogen-bond acceptors (Lipinski definition) is 1. The fraction of sp³-hybridized carbons (Fsp3) is 0.571. The summed E-state index contributed by atoms with van der Waals surface area (Å²) < 4.78 is 0. The molecule has 0 aliphatic rings. The van der Waals surface area contributed by atoms with Crippen LogP contribution in [0.1, 0.15) is 44.2 Å². The fourth-order valence-electron chi connectivity index (χ4n) is 1.61. The Balaban J connectivity index is 2.35. The number of unbranched alkanes of at least 4 members (excludes halogenated alkanes) is 1. The van der Waals surface area contributed by atoms with Crippen LogP contribution in [0.5, 0.6) is 0 Å². The minimum absolute atomic E-state index is 1.00. The van der Waals surface area contributed by atoms with Gasteiger partial charge < -0.3 is 5.32 Å². The second-order valence-corrected chi connectivity index (χ2v) is 4.10. The lowest BCUT2D eigenvalue weighted by molar-refractivity contribution is 0.675. The number of aryl methyl sites for hydroxylation is 1. The van der Waals surface area contributed by atoms with Gasteiger partial charge in [0.2, 0.25) is 0 Å². The van der Waals surface area contributed by atoms with Crippen molar-refractivity contribution in [2.75, 3.05) is 6.54 Å². The smallest absolute Gasteiger partial charge is 0.0205 e. The predicted octanol–water partition coefficient (Wildman–Crippen LogP) is 3.53. The normalized spacial score (nSPS) is 10.5. The van der Waals surface area contributed by atoms with E-state index in [9.17, 15) is 0 Å². The molecular formula is C14H23N. The van der Waals surface area contributed by atoms with Crippen LogP contribution in [0.2, 0.25) is 0 Å². The second-order valence-electron chi connectivity index (χ2n) is 4.10. The molecule has 84 valence electrons. The lowest BCUT2D eigenvalue weighted by atomic mass is 10.1. The van der Waals surface area contributed by atoms with E-state index in [1.54, 1.807) is 0 Å². The van der Waals surface area contributed by atoms with Crippen LogP contribution in [0.15, 0.2) is 24.3 Å². The summed E-state index contributed by atoms with van der Waals surface area (Å²) in [6.45, 7) is 6.55. The van der Waals surface area contributed by atoms with Gasteiger partial charge in [0.25, 0.3) is 0 Å². The molecule has 0 unspecified atom stereocenters. The summed E-state index contributed by atoms with van der Waals surface area (Å²) in [5.74, 6) is 0. The Bertz CT molecular complexity index is 251. The summed E-state index contributed by atoms with van der Waals surface area (Å²) in [7, 11) is 0. The Morgan fingerprint density at radius 2 is 1.60 bits per heavy atom. The van der Waals surface area contributed by atoms with Crippen molar-refractivity contribution in [3.8, 4) is 0 Å². The Hall–Kier alpha value is -0.820. The van der Waals surface area contributed by atoms with Gasteiger partial charge >= 0.3 is 0 Å². The van der Waals surface area contributed by atoms with Gasteiger partial charge in [-0.2, -0.15) is 0 Å². The molecule has 0 radical (unpaired) electrons. The summed E-state index contributed by atoms with van der Waals surface area (Å²) >= 11 is 0. The monoisotopic (exact) mass is 205 g/mol. The van der Waals surface area contributed by atoms with Crippen LogP contribution >= 0.6 is 0 Å². The molecule has 1 N–H and O–H groups in total. The third kappa shape index (κ3) is 4.98. The average Bonchev–Trinajstić information content (AvgIpc) is 2.28. The zero-order valence-electron chi connectivity index (χ0n) is 10.1. The van der Waals surface area contributed by atoms with E-state index in [1.165, 1.54) is 36.8 Å². The van der Waals surface area contributed by atoms with E-state index in [1.807, 2.05) is 0 Å². The van der Waals surface area contributed by atoms with Crippen molar-refractivity contribution in [1.82, 2.24) is 5.32 Å². The number of hydrogen-bond donors (Lipinski definition) is 1. The summed E-state index contributed by atoms with van der Waals surface area (Å²) in [6.07, 6.45) is 5.00. The molecule has 0 saturated carbocycles. The topological polar surface area (TPSA) is 12.0 Å². The van der Waals surface area contributed by atoms with E-state index in [0.29, 0.717) is 0 Å². The molecule has 0 aliphatic carbocycles. The Morgan fingerprint density at radius 3 is 2.20 bits per heavy atom. The molecule has 0 fully saturated rings. The minimum Gasteiger partial charge on any atom is -0.313 e.